The fourth-order valence-corrected chi connectivity index (χ4v) is 7.14. The van der Waals surface area contributed by atoms with Crippen LogP contribution in [0.5, 0.6) is 5.75 Å². The van der Waals surface area contributed by atoms with Crippen LogP contribution in [0.25, 0.3) is 11.1 Å². The summed E-state index contributed by atoms with van der Waals surface area (Å²) in [6, 6.07) is 43.5. The lowest BCUT2D eigenvalue weighted by atomic mass is 9.80. The Bertz CT molecular complexity index is 1850. The van der Waals surface area contributed by atoms with E-state index in [1.807, 2.05) is 109 Å². The van der Waals surface area contributed by atoms with Crippen LogP contribution in [0.1, 0.15) is 66.3 Å². The van der Waals surface area contributed by atoms with Gasteiger partial charge < -0.3 is 30.0 Å². The summed E-state index contributed by atoms with van der Waals surface area (Å²) in [6.07, 6.45) is 1.07. The lowest BCUT2D eigenvalue weighted by Gasteiger charge is -2.37. The van der Waals surface area contributed by atoms with Gasteiger partial charge in [0.2, 0.25) is 5.91 Å². The van der Waals surface area contributed by atoms with Crippen molar-refractivity contribution in [2.24, 2.45) is 0 Å². The van der Waals surface area contributed by atoms with Crippen molar-refractivity contribution in [2.45, 2.75) is 56.3 Å². The molecule has 5 aromatic carbocycles. The Labute approximate surface area is 312 Å². The fourth-order valence-electron chi connectivity index (χ4n) is 7.14. The molecule has 2 atom stereocenters. The number of hydrogen-bond donors (Lipinski definition) is 3. The molecule has 1 aliphatic carbocycles. The van der Waals surface area contributed by atoms with Crippen molar-refractivity contribution in [1.82, 2.24) is 10.6 Å². The highest BCUT2D eigenvalue weighted by molar-refractivity contribution is 5.79. The molecular weight excluding hydrogens is 665 g/mol. The van der Waals surface area contributed by atoms with E-state index in [1.165, 1.54) is 22.3 Å². The Balaban J connectivity index is 0.993. The van der Waals surface area contributed by atoms with E-state index in [0.29, 0.717) is 19.4 Å². The highest BCUT2D eigenvalue weighted by atomic mass is 16.5. The monoisotopic (exact) mass is 712 g/mol. The van der Waals surface area contributed by atoms with Gasteiger partial charge in [0.25, 0.3) is 0 Å². The molecule has 3 N–H and O–H groups in total. The molecule has 0 spiro atoms. The first-order chi connectivity index (χ1) is 25.9. The van der Waals surface area contributed by atoms with Crippen LogP contribution < -0.4 is 15.4 Å². The molecule has 0 fully saturated rings. The SMILES string of the molecule is COc1ccc(C(OC[C@H](NC(=O)CCCCCNC(=O)OCC2c3ccccc3-c3ccccc32)[C@H](C)O)(c2ccccc2)c2ccccc2)cc1. The third-order valence-corrected chi connectivity index (χ3v) is 9.96. The molecule has 2 amide bonds. The average Bonchev–Trinajstić information content (AvgIpc) is 3.52. The second-order valence-electron chi connectivity index (χ2n) is 13.4. The van der Waals surface area contributed by atoms with Crippen LogP contribution in [0, 0.1) is 0 Å². The maximum atomic E-state index is 13.1. The number of rotatable bonds is 17. The molecule has 0 aromatic heterocycles. The van der Waals surface area contributed by atoms with Crippen molar-refractivity contribution in [3.8, 4) is 16.9 Å². The highest BCUT2D eigenvalue weighted by Crippen LogP contribution is 2.45. The van der Waals surface area contributed by atoms with Gasteiger partial charge in [0.1, 0.15) is 18.0 Å². The first-order valence-electron chi connectivity index (χ1n) is 18.4. The largest absolute Gasteiger partial charge is 0.497 e. The van der Waals surface area contributed by atoms with Crippen molar-refractivity contribution >= 4 is 12.0 Å². The maximum absolute atomic E-state index is 13.1. The summed E-state index contributed by atoms with van der Waals surface area (Å²) in [5, 5.41) is 16.6. The second-order valence-corrected chi connectivity index (χ2v) is 13.4. The fraction of sp³-hybridized carbons (Fsp3) is 0.289. The molecule has 1 aliphatic rings. The van der Waals surface area contributed by atoms with E-state index in [0.717, 1.165) is 28.9 Å². The minimum absolute atomic E-state index is 0.0121. The van der Waals surface area contributed by atoms with Crippen molar-refractivity contribution in [1.29, 1.82) is 0 Å². The van der Waals surface area contributed by atoms with Crippen LogP contribution in [-0.2, 0) is 19.9 Å². The Morgan fingerprint density at radius 1 is 0.717 bits per heavy atom. The van der Waals surface area contributed by atoms with E-state index in [4.69, 9.17) is 14.2 Å². The van der Waals surface area contributed by atoms with Crippen molar-refractivity contribution < 1.29 is 28.9 Å². The number of methoxy groups -OCH3 is 1. The third kappa shape index (κ3) is 8.79. The summed E-state index contributed by atoms with van der Waals surface area (Å²) in [7, 11) is 1.63. The number of fused-ring (bicyclic) bond motifs is 3. The average molecular weight is 713 g/mol. The number of alkyl carbamates (subject to hydrolysis) is 1. The number of carbonyl (C=O) groups is 2. The van der Waals surface area contributed by atoms with Gasteiger partial charge in [0.05, 0.1) is 25.9 Å². The van der Waals surface area contributed by atoms with E-state index in [1.54, 1.807) is 14.0 Å². The predicted octanol–water partition coefficient (Wildman–Crippen LogP) is 7.97. The number of hydrogen-bond acceptors (Lipinski definition) is 6. The number of nitrogens with one attached hydrogen (secondary N) is 2. The summed E-state index contributed by atoms with van der Waals surface area (Å²) in [5.74, 6) is 0.572. The number of aliphatic hydroxyl groups is 1. The lowest BCUT2D eigenvalue weighted by molar-refractivity contribution is -0.124. The van der Waals surface area contributed by atoms with Gasteiger partial charge in [-0.1, -0.05) is 128 Å². The molecule has 8 heteroatoms. The molecule has 0 saturated heterocycles. The molecule has 0 aliphatic heterocycles. The molecule has 0 radical (unpaired) electrons. The molecule has 0 heterocycles. The summed E-state index contributed by atoms with van der Waals surface area (Å²) < 4.78 is 18.0. The van der Waals surface area contributed by atoms with E-state index < -0.39 is 23.8 Å². The standard InChI is InChI=1S/C45H48N2O6/c1-32(48)42(31-53-45(33-16-6-3-7-17-33,34-18-8-4-9-19-34)35-25-27-36(51-2)28-26-35)47-43(49)24-10-5-15-29-46-44(50)52-30-41-39-22-13-11-20-37(39)38-21-12-14-23-40(38)41/h3-4,6-9,11-14,16-23,25-28,32,41-42,48H,5,10,15,24,29-31H2,1-2H3,(H,46,50)(H,47,49)/t32-,42-/m0/s1. The van der Waals surface area contributed by atoms with Gasteiger partial charge in [-0.15, -0.1) is 0 Å². The smallest absolute Gasteiger partial charge is 0.407 e. The first kappa shape index (κ1) is 37.3. The quantitative estimate of drug-likeness (QED) is 0.0668. The number of benzene rings is 5. The minimum Gasteiger partial charge on any atom is -0.497 e. The van der Waals surface area contributed by atoms with Crippen molar-refractivity contribution in [3.63, 3.8) is 0 Å². The number of aliphatic hydroxyl groups excluding tert-OH is 1. The lowest BCUT2D eigenvalue weighted by Crippen LogP contribution is -2.47. The Kier molecular flexibility index (Phi) is 12.6. The van der Waals surface area contributed by atoms with E-state index in [9.17, 15) is 14.7 Å². The van der Waals surface area contributed by atoms with E-state index >= 15 is 0 Å². The summed E-state index contributed by atoms with van der Waals surface area (Å²) in [4.78, 5) is 25.7. The summed E-state index contributed by atoms with van der Waals surface area (Å²) in [6.45, 7) is 2.44. The van der Waals surface area contributed by atoms with Crippen molar-refractivity contribution in [2.75, 3.05) is 26.9 Å². The van der Waals surface area contributed by atoms with E-state index in [2.05, 4.69) is 34.9 Å². The topological polar surface area (TPSA) is 106 Å². The molecule has 53 heavy (non-hydrogen) atoms. The third-order valence-electron chi connectivity index (χ3n) is 9.96. The normalized spacial score (nSPS) is 13.3. The first-order valence-corrected chi connectivity index (χ1v) is 18.4. The number of amides is 2. The zero-order valence-corrected chi connectivity index (χ0v) is 30.4. The molecule has 0 unspecified atom stereocenters. The number of carbonyl (C=O) groups excluding carboxylic acids is 2. The molecule has 6 rings (SSSR count). The maximum Gasteiger partial charge on any atom is 0.407 e. The van der Waals surface area contributed by atoms with Crippen LogP contribution in [0.2, 0.25) is 0 Å². The number of unbranched alkanes of at least 4 members (excludes halogenated alkanes) is 2. The van der Waals surface area contributed by atoms with Gasteiger partial charge in [-0.3, -0.25) is 4.79 Å². The van der Waals surface area contributed by atoms with Gasteiger partial charge in [0, 0.05) is 18.9 Å². The zero-order chi connectivity index (χ0) is 37.0. The van der Waals surface area contributed by atoms with Crippen molar-refractivity contribution in [3.05, 3.63) is 161 Å². The minimum atomic E-state index is -1.02. The summed E-state index contributed by atoms with van der Waals surface area (Å²) >= 11 is 0. The molecular formula is C45H48N2O6. The van der Waals surface area contributed by atoms with Gasteiger partial charge in [-0.2, -0.15) is 0 Å². The highest BCUT2D eigenvalue weighted by Gasteiger charge is 2.39. The van der Waals surface area contributed by atoms with Gasteiger partial charge in [0.15, 0.2) is 0 Å². The molecule has 0 saturated carbocycles. The van der Waals surface area contributed by atoms with Gasteiger partial charge in [-0.25, -0.2) is 4.79 Å². The zero-order valence-electron chi connectivity index (χ0n) is 30.4. The molecule has 8 nitrogen and oxygen atoms in total. The van der Waals surface area contributed by atoms with Crippen LogP contribution in [-0.4, -0.2) is 56.1 Å². The van der Waals surface area contributed by atoms with Gasteiger partial charge >= 0.3 is 6.09 Å². The summed E-state index contributed by atoms with van der Waals surface area (Å²) in [5.41, 5.74) is 6.42. The van der Waals surface area contributed by atoms with Crippen LogP contribution in [0.3, 0.4) is 0 Å². The van der Waals surface area contributed by atoms with Crippen LogP contribution in [0.15, 0.2) is 133 Å². The predicted molar refractivity (Wildman–Crippen MR) is 207 cm³/mol. The van der Waals surface area contributed by atoms with Crippen LogP contribution in [0.4, 0.5) is 4.79 Å². The molecule has 0 bridgehead atoms. The second kappa shape index (κ2) is 17.9. The van der Waals surface area contributed by atoms with E-state index in [-0.39, 0.29) is 31.5 Å². The van der Waals surface area contributed by atoms with Crippen LogP contribution >= 0.6 is 0 Å². The molecule has 5 aromatic rings. The Hall–Kier alpha value is -5.44. The molecule has 274 valence electrons. The number of ether oxygens (including phenoxy) is 3. The Morgan fingerprint density at radius 3 is 1.83 bits per heavy atom. The Morgan fingerprint density at radius 2 is 1.26 bits per heavy atom. The van der Waals surface area contributed by atoms with Gasteiger partial charge in [-0.05, 0) is 70.8 Å².